The Morgan fingerprint density at radius 2 is 2.22 bits per heavy atom. The van der Waals surface area contributed by atoms with E-state index in [9.17, 15) is 0 Å². The molecule has 2 heterocycles. The molecule has 0 fully saturated rings. The minimum atomic E-state index is 0.143. The second kappa shape index (κ2) is 5.63. The molecule has 2 aromatic rings. The summed E-state index contributed by atoms with van der Waals surface area (Å²) in [4.78, 5) is 15.8. The fourth-order valence-electron chi connectivity index (χ4n) is 1.53. The molecule has 2 rings (SSSR count). The number of anilines is 2. The number of nitrogens with one attached hydrogen (secondary N) is 3. The van der Waals surface area contributed by atoms with E-state index in [0.29, 0.717) is 24.0 Å². The molecule has 7 heteroatoms. The highest BCUT2D eigenvalue weighted by molar-refractivity contribution is 5.83. The van der Waals surface area contributed by atoms with E-state index in [2.05, 4.69) is 30.6 Å². The van der Waals surface area contributed by atoms with Crippen LogP contribution in [0.1, 0.15) is 13.8 Å². The molecule has 1 unspecified atom stereocenters. The van der Waals surface area contributed by atoms with Crippen LogP contribution in [0.15, 0.2) is 6.33 Å². The monoisotopic (exact) mass is 250 g/mol. The average molecular weight is 250 g/mol. The topological polar surface area (TPSA) is 98.8 Å². The number of aromatic amines is 1. The molecular formula is C11H18N6O. The molecule has 0 spiro atoms. The van der Waals surface area contributed by atoms with Gasteiger partial charge in [0.1, 0.15) is 5.52 Å². The molecule has 0 amide bonds. The summed E-state index contributed by atoms with van der Waals surface area (Å²) in [6, 6.07) is 0. The zero-order valence-electron chi connectivity index (χ0n) is 10.6. The Labute approximate surface area is 105 Å². The highest BCUT2D eigenvalue weighted by Gasteiger charge is 2.10. The van der Waals surface area contributed by atoms with Crippen LogP contribution in [0.25, 0.3) is 11.2 Å². The van der Waals surface area contributed by atoms with Gasteiger partial charge in [0, 0.05) is 19.7 Å². The first-order valence-electron chi connectivity index (χ1n) is 6.04. The van der Waals surface area contributed by atoms with E-state index in [4.69, 9.17) is 5.11 Å². The first-order valence-corrected chi connectivity index (χ1v) is 6.04. The number of aliphatic hydroxyl groups excluding tert-OH is 1. The molecule has 18 heavy (non-hydrogen) atoms. The number of nitrogens with zero attached hydrogens (tertiary/aromatic N) is 3. The molecule has 0 radical (unpaired) electrons. The fourth-order valence-corrected chi connectivity index (χ4v) is 1.53. The normalized spacial score (nSPS) is 12.6. The molecule has 0 aliphatic heterocycles. The van der Waals surface area contributed by atoms with Gasteiger partial charge in [0.2, 0.25) is 5.95 Å². The van der Waals surface area contributed by atoms with Crippen LogP contribution in [0.3, 0.4) is 0 Å². The van der Waals surface area contributed by atoms with E-state index in [1.165, 1.54) is 0 Å². The van der Waals surface area contributed by atoms with E-state index in [0.717, 1.165) is 12.1 Å². The summed E-state index contributed by atoms with van der Waals surface area (Å²) in [5.74, 6) is 1.42. The Kier molecular flexibility index (Phi) is 3.93. The van der Waals surface area contributed by atoms with Crippen LogP contribution in [0.2, 0.25) is 0 Å². The van der Waals surface area contributed by atoms with Crippen LogP contribution >= 0.6 is 0 Å². The number of H-pyrrole nitrogens is 1. The molecule has 0 saturated heterocycles. The lowest BCUT2D eigenvalue weighted by molar-refractivity contribution is 0.244. The van der Waals surface area contributed by atoms with Gasteiger partial charge in [0.25, 0.3) is 0 Å². The Hall–Kier alpha value is -1.89. The molecule has 4 N–H and O–H groups in total. The molecule has 2 aromatic heterocycles. The fraction of sp³-hybridized carbons (Fsp3) is 0.545. The molecule has 0 bridgehead atoms. The summed E-state index contributed by atoms with van der Waals surface area (Å²) in [5.41, 5.74) is 1.40. The zero-order valence-corrected chi connectivity index (χ0v) is 10.6. The number of imidazole rings is 1. The van der Waals surface area contributed by atoms with Crippen molar-refractivity contribution in [2.75, 3.05) is 30.3 Å². The number of fused-ring (bicyclic) bond motifs is 1. The number of aliphatic hydroxyl groups is 1. The molecular weight excluding hydrogens is 232 g/mol. The minimum absolute atomic E-state index is 0.143. The second-order valence-corrected chi connectivity index (χ2v) is 4.20. The molecule has 7 nitrogen and oxygen atoms in total. The maximum absolute atomic E-state index is 9.02. The SMILES string of the molecule is CCNc1nc(NCC(C)CO)c2[nH]cnc2n1. The lowest BCUT2D eigenvalue weighted by atomic mass is 10.2. The molecule has 98 valence electrons. The van der Waals surface area contributed by atoms with Crippen molar-refractivity contribution in [3.8, 4) is 0 Å². The summed E-state index contributed by atoms with van der Waals surface area (Å²) in [7, 11) is 0. The Morgan fingerprint density at radius 3 is 2.94 bits per heavy atom. The average Bonchev–Trinajstić information content (AvgIpc) is 2.84. The van der Waals surface area contributed by atoms with E-state index >= 15 is 0 Å². The van der Waals surface area contributed by atoms with Gasteiger partial charge >= 0.3 is 0 Å². The van der Waals surface area contributed by atoms with Crippen molar-refractivity contribution in [1.29, 1.82) is 0 Å². The second-order valence-electron chi connectivity index (χ2n) is 4.20. The van der Waals surface area contributed by atoms with Gasteiger partial charge in [-0.3, -0.25) is 0 Å². The first-order chi connectivity index (χ1) is 8.74. The van der Waals surface area contributed by atoms with Crippen LogP contribution in [0, 0.1) is 5.92 Å². The summed E-state index contributed by atoms with van der Waals surface area (Å²) in [6.45, 7) is 5.49. The number of aromatic nitrogens is 4. The molecule has 0 aliphatic carbocycles. The minimum Gasteiger partial charge on any atom is -0.396 e. The van der Waals surface area contributed by atoms with Crippen LogP contribution < -0.4 is 10.6 Å². The van der Waals surface area contributed by atoms with Crippen molar-refractivity contribution < 1.29 is 5.11 Å². The van der Waals surface area contributed by atoms with Gasteiger partial charge in [-0.25, -0.2) is 4.98 Å². The standard InChI is InChI=1S/C11H18N6O/c1-3-12-11-16-9(13-4-7(2)5-18)8-10(17-11)15-6-14-8/h6-7,18H,3-5H2,1-2H3,(H3,12,13,14,15,16,17). The number of hydrogen-bond donors (Lipinski definition) is 4. The quantitative estimate of drug-likeness (QED) is 0.606. The van der Waals surface area contributed by atoms with Gasteiger partial charge in [-0.2, -0.15) is 9.97 Å². The van der Waals surface area contributed by atoms with Gasteiger partial charge < -0.3 is 20.7 Å². The molecule has 0 aliphatic rings. The van der Waals surface area contributed by atoms with Crippen molar-refractivity contribution in [3.63, 3.8) is 0 Å². The van der Waals surface area contributed by atoms with Gasteiger partial charge in [-0.05, 0) is 12.8 Å². The zero-order chi connectivity index (χ0) is 13.0. The van der Waals surface area contributed by atoms with E-state index in [1.54, 1.807) is 6.33 Å². The van der Waals surface area contributed by atoms with Gasteiger partial charge in [0.15, 0.2) is 11.5 Å². The molecule has 0 saturated carbocycles. The summed E-state index contributed by atoms with van der Waals surface area (Å²) in [6.07, 6.45) is 1.59. The highest BCUT2D eigenvalue weighted by atomic mass is 16.3. The largest absolute Gasteiger partial charge is 0.396 e. The van der Waals surface area contributed by atoms with Gasteiger partial charge in [-0.15, -0.1) is 0 Å². The third-order valence-electron chi connectivity index (χ3n) is 2.55. The molecule has 1 atom stereocenters. The van der Waals surface area contributed by atoms with Crippen molar-refractivity contribution in [1.82, 2.24) is 19.9 Å². The summed E-state index contributed by atoms with van der Waals surface area (Å²) < 4.78 is 0. The predicted molar refractivity (Wildman–Crippen MR) is 70.6 cm³/mol. The lowest BCUT2D eigenvalue weighted by Gasteiger charge is -2.11. The molecule has 0 aromatic carbocycles. The highest BCUT2D eigenvalue weighted by Crippen LogP contribution is 2.18. The van der Waals surface area contributed by atoms with Crippen molar-refractivity contribution in [2.24, 2.45) is 5.92 Å². The Balaban J connectivity index is 2.25. The first kappa shape index (κ1) is 12.6. The van der Waals surface area contributed by atoms with E-state index < -0.39 is 0 Å². The summed E-state index contributed by atoms with van der Waals surface area (Å²) in [5, 5.41) is 15.3. The van der Waals surface area contributed by atoms with E-state index in [1.807, 2.05) is 13.8 Å². The maximum Gasteiger partial charge on any atom is 0.226 e. The van der Waals surface area contributed by atoms with Crippen molar-refractivity contribution >= 4 is 22.9 Å². The van der Waals surface area contributed by atoms with Crippen molar-refractivity contribution in [2.45, 2.75) is 13.8 Å². The van der Waals surface area contributed by atoms with Gasteiger partial charge in [0.05, 0.1) is 6.33 Å². The maximum atomic E-state index is 9.02. The Morgan fingerprint density at radius 1 is 1.39 bits per heavy atom. The van der Waals surface area contributed by atoms with E-state index in [-0.39, 0.29) is 12.5 Å². The predicted octanol–water partition coefficient (Wildman–Crippen LogP) is 0.825. The lowest BCUT2D eigenvalue weighted by Crippen LogP contribution is -2.16. The third kappa shape index (κ3) is 2.67. The van der Waals surface area contributed by atoms with Crippen LogP contribution in [0.4, 0.5) is 11.8 Å². The van der Waals surface area contributed by atoms with Crippen LogP contribution in [-0.2, 0) is 0 Å². The third-order valence-corrected chi connectivity index (χ3v) is 2.55. The van der Waals surface area contributed by atoms with Crippen molar-refractivity contribution in [3.05, 3.63) is 6.33 Å². The number of hydrogen-bond acceptors (Lipinski definition) is 6. The van der Waals surface area contributed by atoms with Crippen LogP contribution in [-0.4, -0.2) is 44.7 Å². The summed E-state index contributed by atoms with van der Waals surface area (Å²) >= 11 is 0. The van der Waals surface area contributed by atoms with Gasteiger partial charge in [-0.1, -0.05) is 6.92 Å². The Bertz CT molecular complexity index is 511. The smallest absolute Gasteiger partial charge is 0.226 e. The number of rotatable bonds is 6. The van der Waals surface area contributed by atoms with Crippen LogP contribution in [0.5, 0.6) is 0 Å².